The summed E-state index contributed by atoms with van der Waals surface area (Å²) in [5.74, 6) is 1.42. The Balaban J connectivity index is 0.000000232. The number of imide groups is 1. The van der Waals surface area contributed by atoms with Gasteiger partial charge in [-0.25, -0.2) is 18.7 Å². The number of aliphatic hydroxyl groups is 1. The van der Waals surface area contributed by atoms with Crippen molar-refractivity contribution >= 4 is 154 Å². The highest BCUT2D eigenvalue weighted by atomic mass is 33.3. The van der Waals surface area contributed by atoms with E-state index in [2.05, 4.69) is 96.3 Å². The number of hydrogen-bond donors (Lipinski definition) is 5. The third-order valence-corrected chi connectivity index (χ3v) is 20.6. The fourth-order valence-electron chi connectivity index (χ4n) is 6.32. The number of nitrogens with one attached hydrogen (secondary N) is 4. The number of anilines is 6. The summed E-state index contributed by atoms with van der Waals surface area (Å²) in [6.45, 7) is 5.66. The highest BCUT2D eigenvalue weighted by molar-refractivity contribution is 8.64. The number of fused-ring (bicyclic) bond motifs is 1. The molecule has 5 N–H and O–H groups in total. The van der Waals surface area contributed by atoms with Crippen LogP contribution in [0.3, 0.4) is 0 Å². The largest absolute Gasteiger partial charge is 0.396 e. The molecule has 4 aromatic heterocycles. The third kappa shape index (κ3) is 18.6. The number of aromatic nitrogens is 6. The molecule has 0 saturated heterocycles. The van der Waals surface area contributed by atoms with Gasteiger partial charge in [0.25, 0.3) is 11.8 Å². The van der Waals surface area contributed by atoms with Crippen LogP contribution in [0.4, 0.5) is 43.7 Å². The Labute approximate surface area is 458 Å². The monoisotopic (exact) mass is 1200 g/mol. The van der Waals surface area contributed by atoms with Crippen molar-refractivity contribution in [2.45, 2.75) is 39.5 Å². The third-order valence-electron chi connectivity index (χ3n) is 9.45. The lowest BCUT2D eigenvalue weighted by molar-refractivity contribution is 0.0655. The van der Waals surface area contributed by atoms with Gasteiger partial charge in [0.1, 0.15) is 23.3 Å². The molecule has 384 valence electrons. The molecule has 73 heavy (non-hydrogen) atoms. The average molecular weight is 1200 g/mol. The quantitative estimate of drug-likeness (QED) is 0.0547. The molecule has 0 spiro atoms. The van der Waals surface area contributed by atoms with E-state index in [1.165, 1.54) is 91.3 Å². The smallest absolute Gasteiger partial charge is 0.261 e. The van der Waals surface area contributed by atoms with Gasteiger partial charge in [-0.15, -0.1) is 0 Å². The number of amides is 2. The van der Waals surface area contributed by atoms with Crippen LogP contribution in [0.1, 0.15) is 58.8 Å². The number of nitrogens with zero attached hydrogens (tertiary/aromatic N) is 7. The SMILES string of the molecule is CCCNc1nc(Nc2cccc(F)c2)ncc1-c1cc(CCN2C(=O)c3ccccc3C2=O)no1.CCCNc1nc(Nc2cccc(F)c2)ncc1-c1cc(CCO)no1.S=S=S=S=S.S=S=S=S=S=S. The van der Waals surface area contributed by atoms with Crippen molar-refractivity contribution < 1.29 is 32.5 Å². The van der Waals surface area contributed by atoms with Crippen LogP contribution in [0, 0.1) is 11.6 Å². The van der Waals surface area contributed by atoms with E-state index in [-0.39, 0.29) is 36.6 Å². The van der Waals surface area contributed by atoms with E-state index in [1.54, 1.807) is 73.1 Å². The van der Waals surface area contributed by atoms with Crippen LogP contribution in [0.15, 0.2) is 106 Å². The molecule has 0 bridgehead atoms. The van der Waals surface area contributed by atoms with Gasteiger partial charge in [-0.2, -0.15) is 9.97 Å². The number of carbonyl (C=O) groups is 2. The number of halogens is 2. The molecule has 0 atom stereocenters. The maximum Gasteiger partial charge on any atom is 0.261 e. The molecule has 7 aromatic rings. The zero-order valence-corrected chi connectivity index (χ0v) is 47.3. The first-order valence-electron chi connectivity index (χ1n) is 21.5. The predicted octanol–water partition coefficient (Wildman–Crippen LogP) is 8.02. The second kappa shape index (κ2) is 32.2. The highest BCUT2D eigenvalue weighted by Gasteiger charge is 2.35. The summed E-state index contributed by atoms with van der Waals surface area (Å²) in [6, 6.07) is 22.4. The van der Waals surface area contributed by atoms with Crippen LogP contribution in [-0.2, 0) is 120 Å². The van der Waals surface area contributed by atoms with Crippen molar-refractivity contribution in [3.63, 3.8) is 0 Å². The first-order chi connectivity index (χ1) is 35.5. The molecule has 1 aliphatic heterocycles. The number of rotatable bonds is 17. The number of aliphatic hydroxyl groups excluding tert-OH is 1. The van der Waals surface area contributed by atoms with Gasteiger partial charge in [0, 0.05) is 182 Å². The van der Waals surface area contributed by atoms with Crippen LogP contribution in [0.25, 0.3) is 22.6 Å². The molecule has 3 aromatic carbocycles. The van der Waals surface area contributed by atoms with Crippen LogP contribution in [-0.4, -0.2) is 78.3 Å². The van der Waals surface area contributed by atoms with E-state index in [0.29, 0.717) is 99.5 Å². The highest BCUT2D eigenvalue weighted by Crippen LogP contribution is 2.31. The zero-order chi connectivity index (χ0) is 52.4. The van der Waals surface area contributed by atoms with Crippen molar-refractivity contribution in [1.29, 1.82) is 0 Å². The minimum absolute atomic E-state index is 0.0000910. The van der Waals surface area contributed by atoms with Gasteiger partial charge < -0.3 is 35.4 Å². The predicted molar refractivity (Wildman–Crippen MR) is 309 cm³/mol. The van der Waals surface area contributed by atoms with Crippen molar-refractivity contribution in [1.82, 2.24) is 35.1 Å². The van der Waals surface area contributed by atoms with E-state index in [9.17, 15) is 18.4 Å². The Morgan fingerprint density at radius 1 is 0.603 bits per heavy atom. The summed E-state index contributed by atoms with van der Waals surface area (Å²) >= 11 is 17.9. The van der Waals surface area contributed by atoms with E-state index in [0.717, 1.165) is 19.4 Å². The van der Waals surface area contributed by atoms with Crippen LogP contribution >= 0.6 is 0 Å². The molecule has 0 aliphatic carbocycles. The second-order valence-corrected chi connectivity index (χ2v) is 26.8. The Bertz CT molecular complexity index is 3250. The molecule has 2 amide bonds. The average Bonchev–Trinajstić information content (AvgIpc) is 4.13. The zero-order valence-electron chi connectivity index (χ0n) is 38.4. The molecule has 0 unspecified atom stereocenters. The fourth-order valence-corrected chi connectivity index (χ4v) is 14.6. The van der Waals surface area contributed by atoms with Gasteiger partial charge in [0.15, 0.2) is 11.5 Å². The maximum absolute atomic E-state index is 13.5. The Kier molecular flexibility index (Phi) is 25.9. The molecular formula is C44H43F2N11O5S11. The van der Waals surface area contributed by atoms with E-state index in [4.69, 9.17) is 14.2 Å². The maximum atomic E-state index is 13.5. The summed E-state index contributed by atoms with van der Waals surface area (Å²) in [7, 11) is 9.58. The molecular weight excluding hydrogens is 1150 g/mol. The molecule has 8 rings (SSSR count). The van der Waals surface area contributed by atoms with Crippen molar-refractivity contribution in [2.24, 2.45) is 0 Å². The van der Waals surface area contributed by atoms with Gasteiger partial charge in [-0.05, 0) is 61.4 Å². The normalized spacial score (nSPS) is 10.9. The van der Waals surface area contributed by atoms with Gasteiger partial charge >= 0.3 is 0 Å². The van der Waals surface area contributed by atoms with Gasteiger partial charge in [0.2, 0.25) is 11.9 Å². The summed E-state index contributed by atoms with van der Waals surface area (Å²) in [5, 5.41) is 29.5. The van der Waals surface area contributed by atoms with Crippen molar-refractivity contribution in [2.75, 3.05) is 47.5 Å². The van der Waals surface area contributed by atoms with Gasteiger partial charge in [-0.3, -0.25) is 14.5 Å². The molecule has 1 aliphatic rings. The van der Waals surface area contributed by atoms with E-state index in [1.807, 2.05) is 13.8 Å². The number of carbonyl (C=O) groups excluding carboxylic acids is 2. The Hall–Kier alpha value is -5.18. The molecule has 0 fully saturated rings. The summed E-state index contributed by atoms with van der Waals surface area (Å²) in [5.41, 5.74) is 4.44. The second-order valence-electron chi connectivity index (χ2n) is 14.4. The minimum atomic E-state index is -0.364. The summed E-state index contributed by atoms with van der Waals surface area (Å²) < 4.78 is 37.8. The van der Waals surface area contributed by atoms with Crippen LogP contribution < -0.4 is 21.3 Å². The lowest BCUT2D eigenvalue weighted by Crippen LogP contribution is -2.31. The lowest BCUT2D eigenvalue weighted by Gasteiger charge is -2.12. The summed E-state index contributed by atoms with van der Waals surface area (Å²) in [6.07, 6.45) is 5.77. The van der Waals surface area contributed by atoms with Crippen molar-refractivity contribution in [3.8, 4) is 22.6 Å². The number of hydrogen-bond acceptors (Lipinski definition) is 19. The van der Waals surface area contributed by atoms with E-state index < -0.39 is 0 Å². The van der Waals surface area contributed by atoms with E-state index >= 15 is 0 Å². The molecule has 16 nitrogen and oxygen atoms in total. The first-order valence-corrected chi connectivity index (χ1v) is 33.5. The molecule has 0 saturated carbocycles. The van der Waals surface area contributed by atoms with Crippen molar-refractivity contribution in [3.05, 3.63) is 131 Å². The molecule has 5 heterocycles. The topological polar surface area (TPSA) is 209 Å². The van der Waals surface area contributed by atoms with Crippen LogP contribution in [0.5, 0.6) is 0 Å². The Morgan fingerprint density at radius 2 is 1.05 bits per heavy atom. The number of benzene rings is 3. The first kappa shape index (κ1) is 58.7. The summed E-state index contributed by atoms with van der Waals surface area (Å²) in [4.78, 5) is 44.0. The van der Waals surface area contributed by atoms with Gasteiger partial charge in [-0.1, -0.05) is 48.4 Å². The minimum Gasteiger partial charge on any atom is -0.396 e. The van der Waals surface area contributed by atoms with Crippen LogP contribution in [0.2, 0.25) is 0 Å². The Morgan fingerprint density at radius 3 is 1.45 bits per heavy atom. The van der Waals surface area contributed by atoms with Gasteiger partial charge in [0.05, 0.1) is 33.6 Å². The molecule has 29 heteroatoms. The lowest BCUT2D eigenvalue weighted by atomic mass is 10.1. The molecule has 0 radical (unpaired) electrons. The standard InChI is InChI=1S/C26H23FN6O3.C18H20FN5O2.S6.S5/c1-2-11-28-23-21(15-29-26(31-23)30-17-7-5-6-16(27)13-17)22-14-18(32-36-22)10-12-33-24(34)19-8-3-4-9-20(19)25(33)35;1-2-7-20-17-15(16-10-14(6-8-25)24-26-16)11-21-18(23-17)22-13-5-3-4-12(19)9-13;1-3-5-6-4-2;1-3-5-4-2/h3-9,13-15H,2,10-12H2,1H3,(H2,28,29,30,31);3-5,9-11,25H,2,6-8H2,1H3,(H2,20,21,22,23);;. The fraction of sp³-hybridized carbons (Fsp3) is 0.227.